The van der Waals surface area contributed by atoms with Gasteiger partial charge in [0.25, 0.3) is 5.69 Å². The fraction of sp³-hybridized carbons (Fsp3) is 0.421. The van der Waals surface area contributed by atoms with Crippen LogP contribution < -0.4 is 9.47 Å². The Hall–Kier alpha value is -3.74. The number of rotatable bonds is 11. The second-order valence-electron chi connectivity index (χ2n) is 6.27. The van der Waals surface area contributed by atoms with Crippen molar-refractivity contribution < 1.29 is 38.3 Å². The maximum atomic E-state index is 13.2. The average Bonchev–Trinajstić information content (AvgIpc) is 3.25. The lowest BCUT2D eigenvalue weighted by molar-refractivity contribution is -0.385. The third-order valence-corrected chi connectivity index (χ3v) is 4.71. The summed E-state index contributed by atoms with van der Waals surface area (Å²) in [6.07, 6.45) is 0.313. The molecule has 1 atom stereocenters. The number of aromatic nitrogens is 3. The van der Waals surface area contributed by atoms with E-state index in [0.29, 0.717) is 6.42 Å². The molecule has 2 aromatic rings. The molecule has 0 aliphatic heterocycles. The number of ether oxygens (including phenoxy) is 4. The summed E-state index contributed by atoms with van der Waals surface area (Å²) in [5.74, 6) is -2.69. The standard InChI is InChI=1S/C19H21ClN4O9/c1-5-11(20)18(26)33-9-23-21-15(16(22-23)19(27)32-6-2)17(25)10-7-13(30-3)14(31-4)8-12(10)24(28)29/h7-8,11H,5-6,9H2,1-4H3. The molecule has 0 saturated carbocycles. The number of esters is 2. The molecule has 0 N–H and O–H groups in total. The van der Waals surface area contributed by atoms with Crippen LogP contribution >= 0.6 is 11.6 Å². The fourth-order valence-corrected chi connectivity index (χ4v) is 2.67. The minimum Gasteiger partial charge on any atom is -0.493 e. The highest BCUT2D eigenvalue weighted by molar-refractivity contribution is 6.29. The molecule has 1 aromatic heterocycles. The van der Waals surface area contributed by atoms with E-state index in [1.54, 1.807) is 6.92 Å². The van der Waals surface area contributed by atoms with Crippen LogP contribution in [0.3, 0.4) is 0 Å². The fourth-order valence-electron chi connectivity index (χ4n) is 2.60. The maximum Gasteiger partial charge on any atom is 0.361 e. The molecule has 1 heterocycles. The van der Waals surface area contributed by atoms with Crippen molar-refractivity contribution >= 4 is 35.0 Å². The molecule has 33 heavy (non-hydrogen) atoms. The molecule has 13 nitrogen and oxygen atoms in total. The number of ketones is 1. The number of halogens is 1. The number of carbonyl (C=O) groups is 3. The van der Waals surface area contributed by atoms with Gasteiger partial charge in [0.15, 0.2) is 17.2 Å². The van der Waals surface area contributed by atoms with Gasteiger partial charge in [-0.2, -0.15) is 0 Å². The van der Waals surface area contributed by atoms with Gasteiger partial charge in [-0.1, -0.05) is 6.92 Å². The molecule has 0 spiro atoms. The highest BCUT2D eigenvalue weighted by Crippen LogP contribution is 2.35. The SMILES string of the molecule is CCOC(=O)c1nn(COC(=O)C(Cl)CC)nc1C(=O)c1cc(OC)c(OC)cc1[N+](=O)[O-]. The van der Waals surface area contributed by atoms with E-state index in [9.17, 15) is 24.5 Å². The Labute approximate surface area is 192 Å². The third-order valence-electron chi connectivity index (χ3n) is 4.22. The van der Waals surface area contributed by atoms with E-state index >= 15 is 0 Å². The first kappa shape index (κ1) is 25.5. The van der Waals surface area contributed by atoms with Crippen molar-refractivity contribution in [3.8, 4) is 11.5 Å². The summed E-state index contributed by atoms with van der Waals surface area (Å²) in [7, 11) is 2.56. The number of alkyl halides is 1. The van der Waals surface area contributed by atoms with Crippen LogP contribution in [0.2, 0.25) is 0 Å². The van der Waals surface area contributed by atoms with E-state index < -0.39 is 57.4 Å². The Kier molecular flexibility index (Phi) is 8.68. The normalized spacial score (nSPS) is 11.4. The van der Waals surface area contributed by atoms with Gasteiger partial charge in [0, 0.05) is 6.07 Å². The lowest BCUT2D eigenvalue weighted by Gasteiger charge is -2.09. The highest BCUT2D eigenvalue weighted by atomic mass is 35.5. The molecule has 0 aliphatic carbocycles. The van der Waals surface area contributed by atoms with Crippen molar-refractivity contribution in [3.05, 3.63) is 39.2 Å². The zero-order valence-corrected chi connectivity index (χ0v) is 19.0. The smallest absolute Gasteiger partial charge is 0.361 e. The molecular formula is C19H21ClN4O9. The Morgan fingerprint density at radius 3 is 2.24 bits per heavy atom. The number of hydrogen-bond acceptors (Lipinski definition) is 11. The largest absolute Gasteiger partial charge is 0.493 e. The molecule has 1 aromatic carbocycles. The Balaban J connectivity index is 2.54. The number of nitro groups is 1. The van der Waals surface area contributed by atoms with Crippen molar-refractivity contribution in [2.45, 2.75) is 32.4 Å². The van der Waals surface area contributed by atoms with Gasteiger partial charge in [-0.15, -0.1) is 26.6 Å². The molecule has 0 saturated heterocycles. The predicted octanol–water partition coefficient (Wildman–Crippen LogP) is 2.13. The van der Waals surface area contributed by atoms with Gasteiger partial charge in [0.1, 0.15) is 10.9 Å². The minimum atomic E-state index is -1.01. The maximum absolute atomic E-state index is 13.2. The van der Waals surface area contributed by atoms with Crippen LogP contribution in [0.25, 0.3) is 0 Å². The van der Waals surface area contributed by atoms with Gasteiger partial charge in [-0.05, 0) is 13.3 Å². The van der Waals surface area contributed by atoms with E-state index in [2.05, 4.69) is 10.2 Å². The Morgan fingerprint density at radius 1 is 1.09 bits per heavy atom. The van der Waals surface area contributed by atoms with Gasteiger partial charge < -0.3 is 18.9 Å². The number of hydrogen-bond donors (Lipinski definition) is 0. The molecular weight excluding hydrogens is 464 g/mol. The lowest BCUT2D eigenvalue weighted by atomic mass is 10.0. The zero-order chi connectivity index (χ0) is 24.7. The van der Waals surface area contributed by atoms with E-state index in [1.807, 2.05) is 0 Å². The predicted molar refractivity (Wildman–Crippen MR) is 112 cm³/mol. The summed E-state index contributed by atoms with van der Waals surface area (Å²) in [4.78, 5) is 48.9. The number of nitro benzene ring substituents is 1. The summed E-state index contributed by atoms with van der Waals surface area (Å²) in [6.45, 7) is 2.62. The molecule has 178 valence electrons. The molecule has 0 amide bonds. The molecule has 0 aliphatic rings. The zero-order valence-electron chi connectivity index (χ0n) is 18.2. The number of benzene rings is 1. The molecule has 2 rings (SSSR count). The second-order valence-corrected chi connectivity index (χ2v) is 6.80. The van der Waals surface area contributed by atoms with E-state index in [-0.39, 0.29) is 18.1 Å². The third kappa shape index (κ3) is 5.74. The van der Waals surface area contributed by atoms with Crippen LogP contribution in [0, 0.1) is 10.1 Å². The van der Waals surface area contributed by atoms with Crippen molar-refractivity contribution in [2.24, 2.45) is 0 Å². The van der Waals surface area contributed by atoms with Gasteiger partial charge in [0.2, 0.25) is 18.2 Å². The molecule has 1 unspecified atom stereocenters. The minimum absolute atomic E-state index is 0.0217. The summed E-state index contributed by atoms with van der Waals surface area (Å²) < 4.78 is 20.0. The summed E-state index contributed by atoms with van der Waals surface area (Å²) in [5.41, 5.74) is -2.10. The van der Waals surface area contributed by atoms with Gasteiger partial charge >= 0.3 is 11.9 Å². The lowest BCUT2D eigenvalue weighted by Crippen LogP contribution is -2.20. The summed E-state index contributed by atoms with van der Waals surface area (Å²) in [5, 5.41) is 18.4. The van der Waals surface area contributed by atoms with E-state index in [4.69, 9.17) is 30.5 Å². The van der Waals surface area contributed by atoms with Gasteiger partial charge in [0.05, 0.1) is 31.8 Å². The van der Waals surface area contributed by atoms with Crippen LogP contribution in [0.5, 0.6) is 11.5 Å². The molecule has 0 fully saturated rings. The number of carbonyl (C=O) groups excluding carboxylic acids is 3. The Bertz CT molecular complexity index is 1070. The van der Waals surface area contributed by atoms with E-state index in [1.165, 1.54) is 21.1 Å². The van der Waals surface area contributed by atoms with Crippen LogP contribution in [0.15, 0.2) is 12.1 Å². The van der Waals surface area contributed by atoms with Gasteiger partial charge in [-0.3, -0.25) is 19.7 Å². The van der Waals surface area contributed by atoms with Crippen LogP contribution in [0.4, 0.5) is 5.69 Å². The van der Waals surface area contributed by atoms with Crippen LogP contribution in [0.1, 0.15) is 46.8 Å². The second kappa shape index (κ2) is 11.2. The first-order valence-electron chi connectivity index (χ1n) is 9.56. The average molecular weight is 485 g/mol. The summed E-state index contributed by atoms with van der Waals surface area (Å²) in [6, 6.07) is 2.10. The number of nitrogens with zero attached hydrogens (tertiary/aromatic N) is 4. The molecule has 0 bridgehead atoms. The van der Waals surface area contributed by atoms with Crippen molar-refractivity contribution in [1.29, 1.82) is 0 Å². The molecule has 0 radical (unpaired) electrons. The Morgan fingerprint density at radius 2 is 1.70 bits per heavy atom. The van der Waals surface area contributed by atoms with Gasteiger partial charge in [-0.25, -0.2) is 4.79 Å². The summed E-state index contributed by atoms with van der Waals surface area (Å²) >= 11 is 5.80. The van der Waals surface area contributed by atoms with E-state index in [0.717, 1.165) is 16.9 Å². The first-order chi connectivity index (χ1) is 15.7. The topological polar surface area (TPSA) is 162 Å². The number of methoxy groups -OCH3 is 2. The first-order valence-corrected chi connectivity index (χ1v) is 10.00. The van der Waals surface area contributed by atoms with Crippen molar-refractivity contribution in [3.63, 3.8) is 0 Å². The highest BCUT2D eigenvalue weighted by Gasteiger charge is 2.32. The van der Waals surface area contributed by atoms with Crippen molar-refractivity contribution in [1.82, 2.24) is 15.0 Å². The van der Waals surface area contributed by atoms with Crippen LogP contribution in [-0.2, 0) is 21.0 Å². The van der Waals surface area contributed by atoms with Crippen LogP contribution in [-0.4, -0.2) is 63.8 Å². The van der Waals surface area contributed by atoms with Crippen molar-refractivity contribution in [2.75, 3.05) is 20.8 Å². The monoisotopic (exact) mass is 484 g/mol. The quantitative estimate of drug-likeness (QED) is 0.151. The molecule has 14 heteroatoms.